The van der Waals surface area contributed by atoms with E-state index in [0.29, 0.717) is 16.3 Å². The van der Waals surface area contributed by atoms with Crippen molar-refractivity contribution in [2.75, 3.05) is 11.9 Å². The standard InChI is InChI=1S/C17H14F2N4O4S2/c1-9-7-13(22-27-9)16(24)21-17-20-12-5-6-23(8-14(12)28-17)29(25,26)15-10(18)3-2-4-11(15)19/h2-4,7H,5-6,8H2,1H3,(H,20,21,24). The van der Waals surface area contributed by atoms with E-state index in [9.17, 15) is 22.0 Å². The third kappa shape index (κ3) is 3.66. The monoisotopic (exact) mass is 440 g/mol. The summed E-state index contributed by atoms with van der Waals surface area (Å²) in [6.07, 6.45) is 0.250. The second-order valence-corrected chi connectivity index (χ2v) is 9.26. The van der Waals surface area contributed by atoms with Gasteiger partial charge in [0, 0.05) is 23.9 Å². The lowest BCUT2D eigenvalue weighted by Crippen LogP contribution is -2.36. The fourth-order valence-electron chi connectivity index (χ4n) is 2.92. The molecule has 2 aromatic heterocycles. The first-order valence-corrected chi connectivity index (χ1v) is 10.7. The van der Waals surface area contributed by atoms with Crippen LogP contribution >= 0.6 is 11.3 Å². The SMILES string of the molecule is Cc1cc(C(=O)Nc2nc3c(s2)CN(S(=O)(=O)c2c(F)cccc2F)CC3)no1. The molecule has 0 saturated heterocycles. The van der Waals surface area contributed by atoms with E-state index in [0.717, 1.165) is 33.8 Å². The van der Waals surface area contributed by atoms with Gasteiger partial charge in [-0.2, -0.15) is 4.31 Å². The zero-order valence-electron chi connectivity index (χ0n) is 15.0. The zero-order valence-corrected chi connectivity index (χ0v) is 16.6. The van der Waals surface area contributed by atoms with Gasteiger partial charge in [-0.05, 0) is 19.1 Å². The van der Waals surface area contributed by atoms with Gasteiger partial charge in [0.1, 0.15) is 17.4 Å². The Morgan fingerprint density at radius 3 is 2.69 bits per heavy atom. The number of sulfonamides is 1. The van der Waals surface area contributed by atoms with Crippen LogP contribution in [0.2, 0.25) is 0 Å². The molecule has 0 atom stereocenters. The molecular weight excluding hydrogens is 426 g/mol. The number of aromatic nitrogens is 2. The lowest BCUT2D eigenvalue weighted by atomic mass is 10.2. The molecule has 1 aromatic carbocycles. The molecule has 152 valence electrons. The summed E-state index contributed by atoms with van der Waals surface area (Å²) in [6, 6.07) is 4.38. The van der Waals surface area contributed by atoms with E-state index < -0.39 is 32.5 Å². The quantitative estimate of drug-likeness (QED) is 0.669. The maximum absolute atomic E-state index is 14.0. The van der Waals surface area contributed by atoms with Gasteiger partial charge < -0.3 is 4.52 Å². The minimum absolute atomic E-state index is 0.0166. The summed E-state index contributed by atoms with van der Waals surface area (Å²) in [6.45, 7) is 1.57. The number of hydrogen-bond acceptors (Lipinski definition) is 7. The van der Waals surface area contributed by atoms with Crippen molar-refractivity contribution in [3.05, 3.63) is 57.9 Å². The summed E-state index contributed by atoms with van der Waals surface area (Å²) in [5, 5.41) is 6.48. The number of carbonyl (C=O) groups excluding carboxylic acids is 1. The molecular formula is C17H14F2N4O4S2. The number of hydrogen-bond donors (Lipinski definition) is 1. The third-order valence-electron chi connectivity index (χ3n) is 4.29. The number of aryl methyl sites for hydroxylation is 1. The van der Waals surface area contributed by atoms with Crippen molar-refractivity contribution in [1.82, 2.24) is 14.4 Å². The van der Waals surface area contributed by atoms with Crippen LogP contribution in [0.4, 0.5) is 13.9 Å². The molecule has 0 fully saturated rings. The van der Waals surface area contributed by atoms with Crippen LogP contribution in [0.5, 0.6) is 0 Å². The Balaban J connectivity index is 1.55. The number of rotatable bonds is 4. The molecule has 0 spiro atoms. The van der Waals surface area contributed by atoms with Crippen molar-refractivity contribution in [3.63, 3.8) is 0 Å². The predicted molar refractivity (Wildman–Crippen MR) is 99.0 cm³/mol. The van der Waals surface area contributed by atoms with Crippen LogP contribution in [0.25, 0.3) is 0 Å². The zero-order chi connectivity index (χ0) is 20.8. The van der Waals surface area contributed by atoms with Crippen molar-refractivity contribution >= 4 is 32.4 Å². The molecule has 0 bridgehead atoms. The maximum Gasteiger partial charge on any atom is 0.279 e. The number of carbonyl (C=O) groups is 1. The molecule has 0 radical (unpaired) electrons. The van der Waals surface area contributed by atoms with Crippen molar-refractivity contribution in [2.45, 2.75) is 24.8 Å². The molecule has 3 aromatic rings. The highest BCUT2D eigenvalue weighted by molar-refractivity contribution is 7.89. The predicted octanol–water partition coefficient (Wildman–Crippen LogP) is 2.72. The van der Waals surface area contributed by atoms with Gasteiger partial charge in [-0.3, -0.25) is 10.1 Å². The van der Waals surface area contributed by atoms with Gasteiger partial charge in [-0.15, -0.1) is 11.3 Å². The minimum Gasteiger partial charge on any atom is -0.361 e. The molecule has 0 unspecified atom stereocenters. The molecule has 3 heterocycles. The largest absolute Gasteiger partial charge is 0.361 e. The van der Waals surface area contributed by atoms with E-state index in [1.165, 1.54) is 6.07 Å². The van der Waals surface area contributed by atoms with Gasteiger partial charge in [-0.25, -0.2) is 22.2 Å². The number of benzene rings is 1. The lowest BCUT2D eigenvalue weighted by Gasteiger charge is -2.25. The second-order valence-electron chi connectivity index (χ2n) is 6.31. The lowest BCUT2D eigenvalue weighted by molar-refractivity contribution is 0.101. The van der Waals surface area contributed by atoms with Gasteiger partial charge in [0.2, 0.25) is 10.0 Å². The molecule has 1 N–H and O–H groups in total. The van der Waals surface area contributed by atoms with Crippen LogP contribution in [0.1, 0.15) is 26.8 Å². The topological polar surface area (TPSA) is 105 Å². The highest BCUT2D eigenvalue weighted by Crippen LogP contribution is 2.32. The van der Waals surface area contributed by atoms with Gasteiger partial charge in [-0.1, -0.05) is 11.2 Å². The minimum atomic E-state index is -4.37. The Morgan fingerprint density at radius 1 is 1.31 bits per heavy atom. The van der Waals surface area contributed by atoms with E-state index in [-0.39, 0.29) is 30.3 Å². The summed E-state index contributed by atoms with van der Waals surface area (Å²) in [5.41, 5.74) is 0.719. The van der Waals surface area contributed by atoms with Crippen LogP contribution < -0.4 is 5.32 Å². The Morgan fingerprint density at radius 2 is 2.03 bits per heavy atom. The van der Waals surface area contributed by atoms with Crippen LogP contribution in [0, 0.1) is 18.6 Å². The van der Waals surface area contributed by atoms with Crippen molar-refractivity contribution in [3.8, 4) is 0 Å². The summed E-state index contributed by atoms with van der Waals surface area (Å²) in [7, 11) is -4.37. The first-order valence-electron chi connectivity index (χ1n) is 8.43. The summed E-state index contributed by atoms with van der Waals surface area (Å²) in [4.78, 5) is 16.1. The number of nitrogens with one attached hydrogen (secondary N) is 1. The third-order valence-corrected chi connectivity index (χ3v) is 7.19. The molecule has 4 rings (SSSR count). The highest BCUT2D eigenvalue weighted by atomic mass is 32.2. The van der Waals surface area contributed by atoms with E-state index in [1.54, 1.807) is 6.92 Å². The smallest absolute Gasteiger partial charge is 0.279 e. The molecule has 1 amide bonds. The van der Waals surface area contributed by atoms with Gasteiger partial charge in [0.15, 0.2) is 15.7 Å². The number of halogens is 2. The van der Waals surface area contributed by atoms with Crippen molar-refractivity contribution in [2.24, 2.45) is 0 Å². The number of thiazole rings is 1. The Bertz CT molecular complexity index is 1190. The Hall–Kier alpha value is -2.70. The van der Waals surface area contributed by atoms with Crippen LogP contribution in [-0.2, 0) is 23.0 Å². The van der Waals surface area contributed by atoms with Gasteiger partial charge in [0.05, 0.1) is 12.2 Å². The fraction of sp³-hybridized carbons (Fsp3) is 0.235. The molecule has 29 heavy (non-hydrogen) atoms. The first kappa shape index (κ1) is 19.6. The molecule has 0 saturated carbocycles. The summed E-state index contributed by atoms with van der Waals surface area (Å²) in [5.74, 6) is -2.31. The van der Waals surface area contributed by atoms with E-state index in [1.807, 2.05) is 0 Å². The summed E-state index contributed by atoms with van der Waals surface area (Å²) >= 11 is 1.09. The molecule has 8 nitrogen and oxygen atoms in total. The normalized spacial score (nSPS) is 14.6. The van der Waals surface area contributed by atoms with Gasteiger partial charge in [0.25, 0.3) is 5.91 Å². The van der Waals surface area contributed by atoms with Gasteiger partial charge >= 0.3 is 0 Å². The van der Waals surface area contributed by atoms with Crippen molar-refractivity contribution in [1.29, 1.82) is 0 Å². The molecule has 0 aliphatic carbocycles. The first-order chi connectivity index (χ1) is 13.8. The number of nitrogens with zero attached hydrogens (tertiary/aromatic N) is 3. The van der Waals surface area contributed by atoms with Crippen molar-refractivity contribution < 1.29 is 26.5 Å². The fourth-order valence-corrected chi connectivity index (χ4v) is 5.54. The average Bonchev–Trinajstić information content (AvgIpc) is 3.26. The average molecular weight is 440 g/mol. The molecule has 12 heteroatoms. The summed E-state index contributed by atoms with van der Waals surface area (Å²) < 4.78 is 59.3. The highest BCUT2D eigenvalue weighted by Gasteiger charge is 2.34. The number of fused-ring (bicyclic) bond motifs is 1. The maximum atomic E-state index is 14.0. The van der Waals surface area contributed by atoms with Crippen LogP contribution in [0.3, 0.4) is 0 Å². The Labute approximate surface area is 168 Å². The molecule has 1 aliphatic rings. The van der Waals surface area contributed by atoms with E-state index in [2.05, 4.69) is 15.5 Å². The second kappa shape index (κ2) is 7.28. The number of anilines is 1. The van der Waals surface area contributed by atoms with E-state index in [4.69, 9.17) is 4.52 Å². The molecule has 1 aliphatic heterocycles. The van der Waals surface area contributed by atoms with Crippen LogP contribution in [-0.4, -0.2) is 35.3 Å². The number of amides is 1. The Kier molecular flexibility index (Phi) is 4.92. The van der Waals surface area contributed by atoms with E-state index >= 15 is 0 Å². The van der Waals surface area contributed by atoms with Crippen LogP contribution in [0.15, 0.2) is 33.7 Å².